The molecule has 0 amide bonds. The van der Waals surface area contributed by atoms with E-state index in [1.807, 2.05) is 6.92 Å². The highest BCUT2D eigenvalue weighted by Gasteiger charge is 1.92. The summed E-state index contributed by atoms with van der Waals surface area (Å²) in [6, 6.07) is 0. The molecule has 4 heteroatoms. The van der Waals surface area contributed by atoms with Crippen molar-refractivity contribution in [3.05, 3.63) is 13.2 Å². The number of aliphatic hydroxyl groups excluding tert-OH is 4. The maximum Gasteiger partial charge on any atom is 0.0768 e. The van der Waals surface area contributed by atoms with Gasteiger partial charge in [-0.15, -0.1) is 13.2 Å². The van der Waals surface area contributed by atoms with Crippen molar-refractivity contribution in [2.24, 2.45) is 0 Å². The Labute approximate surface area is 73.8 Å². The van der Waals surface area contributed by atoms with Gasteiger partial charge in [0.05, 0.1) is 25.9 Å². The van der Waals surface area contributed by atoms with Gasteiger partial charge >= 0.3 is 0 Å². The summed E-state index contributed by atoms with van der Waals surface area (Å²) in [6.07, 6.45) is 0.126. The van der Waals surface area contributed by atoms with Gasteiger partial charge in [0.25, 0.3) is 0 Å². The van der Waals surface area contributed by atoms with Gasteiger partial charge in [-0.25, -0.2) is 0 Å². The summed E-state index contributed by atoms with van der Waals surface area (Å²) in [6.45, 7) is 7.46. The van der Waals surface area contributed by atoms with Crippen molar-refractivity contribution in [2.75, 3.05) is 19.8 Å². The molecule has 0 aliphatic heterocycles. The molecule has 0 aliphatic rings. The van der Waals surface area contributed by atoms with Crippen LogP contribution >= 0.6 is 0 Å². The third-order valence-electron chi connectivity index (χ3n) is 0.782. The van der Waals surface area contributed by atoms with Gasteiger partial charge in [0.15, 0.2) is 0 Å². The number of hydrogen-bond acceptors (Lipinski definition) is 4. The first-order valence-electron chi connectivity index (χ1n) is 3.73. The lowest BCUT2D eigenvalue weighted by Gasteiger charge is -1.97. The molecule has 0 bridgehead atoms. The van der Waals surface area contributed by atoms with E-state index in [0.29, 0.717) is 6.42 Å². The predicted molar refractivity (Wildman–Crippen MR) is 48.8 cm³/mol. The van der Waals surface area contributed by atoms with Gasteiger partial charge in [0.2, 0.25) is 0 Å². The Hall–Kier alpha value is -0.420. The fourth-order valence-corrected chi connectivity index (χ4v) is 0.129. The van der Waals surface area contributed by atoms with Crippen LogP contribution in [0, 0.1) is 0 Å². The van der Waals surface area contributed by atoms with E-state index in [2.05, 4.69) is 13.2 Å². The van der Waals surface area contributed by atoms with Crippen molar-refractivity contribution < 1.29 is 20.4 Å². The molecule has 0 radical (unpaired) electrons. The Balaban J connectivity index is -0.000000118. The molecule has 4 nitrogen and oxygen atoms in total. The average Bonchev–Trinajstić information content (AvgIpc) is 2.20. The van der Waals surface area contributed by atoms with Gasteiger partial charge in [-0.1, -0.05) is 6.92 Å². The van der Waals surface area contributed by atoms with E-state index in [-0.39, 0.29) is 19.8 Å². The Morgan fingerprint density at radius 2 is 1.42 bits per heavy atom. The fraction of sp³-hybridized carbons (Fsp3) is 0.750. The van der Waals surface area contributed by atoms with Crippen LogP contribution in [0.1, 0.15) is 13.3 Å². The van der Waals surface area contributed by atoms with Gasteiger partial charge in [0.1, 0.15) is 0 Å². The van der Waals surface area contributed by atoms with Crippen molar-refractivity contribution in [2.45, 2.75) is 19.4 Å². The molecular weight excluding hydrogens is 160 g/mol. The van der Waals surface area contributed by atoms with E-state index >= 15 is 0 Å². The van der Waals surface area contributed by atoms with Crippen molar-refractivity contribution >= 4 is 0 Å². The van der Waals surface area contributed by atoms with Crippen LogP contribution in [0.4, 0.5) is 0 Å². The van der Waals surface area contributed by atoms with Crippen molar-refractivity contribution in [3.8, 4) is 0 Å². The Bertz CT molecular complexity index is 53.0. The minimum absolute atomic E-state index is 0.115. The van der Waals surface area contributed by atoms with Gasteiger partial charge in [0, 0.05) is 0 Å². The lowest BCUT2D eigenvalue weighted by Crippen LogP contribution is -2.08. The van der Waals surface area contributed by atoms with E-state index < -0.39 is 6.10 Å². The first-order valence-corrected chi connectivity index (χ1v) is 3.73. The summed E-state index contributed by atoms with van der Waals surface area (Å²) in [5, 5.41) is 31.8. The number of rotatable bonds is 3. The molecule has 0 aromatic rings. The van der Waals surface area contributed by atoms with Crippen molar-refractivity contribution in [1.29, 1.82) is 0 Å². The molecular formula is C8H20O4. The molecule has 0 heterocycles. The summed E-state index contributed by atoms with van der Waals surface area (Å²) in [5.74, 6) is 0. The molecule has 1 atom stereocenters. The molecule has 1 unspecified atom stereocenters. The van der Waals surface area contributed by atoms with Crippen molar-refractivity contribution in [3.63, 3.8) is 0 Å². The maximum atomic E-state index is 8.42. The smallest absolute Gasteiger partial charge is 0.0768 e. The van der Waals surface area contributed by atoms with Crippen LogP contribution in [0.2, 0.25) is 0 Å². The van der Waals surface area contributed by atoms with E-state index in [9.17, 15) is 0 Å². The van der Waals surface area contributed by atoms with Gasteiger partial charge in [-0.3, -0.25) is 0 Å². The van der Waals surface area contributed by atoms with Crippen LogP contribution in [0.25, 0.3) is 0 Å². The summed E-state index contributed by atoms with van der Waals surface area (Å²) in [5.41, 5.74) is 0. The number of aliphatic hydroxyl groups is 4. The molecule has 0 saturated heterocycles. The molecule has 76 valence electrons. The van der Waals surface area contributed by atoms with Crippen LogP contribution in [-0.2, 0) is 0 Å². The SMILES string of the molecule is C=C.CCC(O)CO.OCCO. The number of hydrogen-bond donors (Lipinski definition) is 4. The topological polar surface area (TPSA) is 80.9 Å². The summed E-state index contributed by atoms with van der Waals surface area (Å²) < 4.78 is 0. The zero-order valence-corrected chi connectivity index (χ0v) is 7.61. The van der Waals surface area contributed by atoms with E-state index in [4.69, 9.17) is 20.4 Å². The predicted octanol–water partition coefficient (Wildman–Crippen LogP) is -0.477. The second-order valence-electron chi connectivity index (χ2n) is 1.69. The highest BCUT2D eigenvalue weighted by atomic mass is 16.3. The molecule has 0 rings (SSSR count). The van der Waals surface area contributed by atoms with Gasteiger partial charge < -0.3 is 20.4 Å². The zero-order valence-electron chi connectivity index (χ0n) is 7.61. The lowest BCUT2D eigenvalue weighted by atomic mass is 10.3. The summed E-state index contributed by atoms with van der Waals surface area (Å²) in [7, 11) is 0. The summed E-state index contributed by atoms with van der Waals surface area (Å²) >= 11 is 0. The van der Waals surface area contributed by atoms with Crippen LogP contribution in [-0.4, -0.2) is 46.4 Å². The molecule has 0 aromatic carbocycles. The third-order valence-corrected chi connectivity index (χ3v) is 0.782. The first-order chi connectivity index (χ1) is 5.72. The van der Waals surface area contributed by atoms with E-state index in [1.165, 1.54) is 0 Å². The Morgan fingerprint density at radius 3 is 1.42 bits per heavy atom. The van der Waals surface area contributed by atoms with Crippen molar-refractivity contribution in [1.82, 2.24) is 0 Å². The highest BCUT2D eigenvalue weighted by Crippen LogP contribution is 1.83. The lowest BCUT2D eigenvalue weighted by molar-refractivity contribution is 0.0923. The average molecular weight is 180 g/mol. The maximum absolute atomic E-state index is 8.42. The normalized spacial score (nSPS) is 10.1. The van der Waals surface area contributed by atoms with Crippen LogP contribution in [0.15, 0.2) is 13.2 Å². The second kappa shape index (κ2) is 22.4. The molecule has 0 saturated carbocycles. The van der Waals surface area contributed by atoms with E-state index in [1.54, 1.807) is 0 Å². The molecule has 12 heavy (non-hydrogen) atoms. The van der Waals surface area contributed by atoms with Gasteiger partial charge in [-0.2, -0.15) is 0 Å². The Kier molecular flexibility index (Phi) is 32.9. The monoisotopic (exact) mass is 180 g/mol. The minimum Gasteiger partial charge on any atom is -0.394 e. The third kappa shape index (κ3) is 33.6. The molecule has 0 fully saturated rings. The van der Waals surface area contributed by atoms with Crippen LogP contribution < -0.4 is 0 Å². The second-order valence-corrected chi connectivity index (χ2v) is 1.69. The largest absolute Gasteiger partial charge is 0.394 e. The van der Waals surface area contributed by atoms with E-state index in [0.717, 1.165) is 0 Å². The standard InChI is InChI=1S/C4H10O2.C2H6O2.C2H4/c1-2-4(6)3-5;3-1-2-4;1-2/h4-6H,2-3H2,1H3;3-4H,1-2H2;1-2H2. The van der Waals surface area contributed by atoms with Crippen LogP contribution in [0.3, 0.4) is 0 Å². The summed E-state index contributed by atoms with van der Waals surface area (Å²) in [4.78, 5) is 0. The first kappa shape index (κ1) is 17.6. The van der Waals surface area contributed by atoms with Gasteiger partial charge in [-0.05, 0) is 6.42 Å². The minimum atomic E-state index is -0.509. The zero-order chi connectivity index (χ0) is 10.4. The molecule has 0 aromatic heterocycles. The van der Waals surface area contributed by atoms with Crippen LogP contribution in [0.5, 0.6) is 0 Å². The molecule has 0 spiro atoms. The molecule has 4 N–H and O–H groups in total. The highest BCUT2D eigenvalue weighted by molar-refractivity contribution is 4.43. The quantitative estimate of drug-likeness (QED) is 0.442. The Morgan fingerprint density at radius 1 is 1.08 bits per heavy atom. The molecule has 0 aliphatic carbocycles. The fourth-order valence-electron chi connectivity index (χ4n) is 0.129.